The maximum atomic E-state index is 10.4. The van der Waals surface area contributed by atoms with Gasteiger partial charge in [-0.25, -0.2) is 0 Å². The predicted molar refractivity (Wildman–Crippen MR) is 77.9 cm³/mol. The molecule has 2 rings (SSSR count). The molecule has 0 aromatic heterocycles. The molecule has 0 heterocycles. The summed E-state index contributed by atoms with van der Waals surface area (Å²) in [6, 6.07) is 20.4. The lowest BCUT2D eigenvalue weighted by Crippen LogP contribution is -3.11. The van der Waals surface area contributed by atoms with Crippen molar-refractivity contribution in [3.05, 3.63) is 71.8 Å². The van der Waals surface area contributed by atoms with E-state index in [1.165, 1.54) is 10.5 Å². The number of aliphatic hydroxyl groups excluding tert-OH is 1. The van der Waals surface area contributed by atoms with Gasteiger partial charge in [-0.2, -0.15) is 0 Å². The van der Waals surface area contributed by atoms with Crippen LogP contribution in [0.4, 0.5) is 0 Å². The van der Waals surface area contributed by atoms with Crippen molar-refractivity contribution in [1.82, 2.24) is 0 Å². The van der Waals surface area contributed by atoms with Crippen LogP contribution < -0.4 is 4.90 Å². The van der Waals surface area contributed by atoms with Gasteiger partial charge in [-0.1, -0.05) is 60.7 Å². The Morgan fingerprint density at radius 3 is 2.05 bits per heavy atom. The van der Waals surface area contributed by atoms with Gasteiger partial charge < -0.3 is 10.0 Å². The van der Waals surface area contributed by atoms with Gasteiger partial charge in [-0.15, -0.1) is 0 Å². The van der Waals surface area contributed by atoms with E-state index in [2.05, 4.69) is 38.2 Å². The van der Waals surface area contributed by atoms with Gasteiger partial charge in [0.25, 0.3) is 0 Å². The molecular formula is C17H22NO+. The van der Waals surface area contributed by atoms with Gasteiger partial charge in [-0.3, -0.25) is 0 Å². The minimum atomic E-state index is -0.426. The third-order valence-electron chi connectivity index (χ3n) is 3.72. The van der Waals surface area contributed by atoms with E-state index in [9.17, 15) is 5.11 Å². The molecule has 0 amide bonds. The first-order chi connectivity index (χ1) is 9.18. The Hall–Kier alpha value is -1.64. The highest BCUT2D eigenvalue weighted by atomic mass is 16.3. The highest BCUT2D eigenvalue weighted by Gasteiger charge is 2.23. The molecule has 0 fully saturated rings. The topological polar surface area (TPSA) is 24.7 Å². The Balaban J connectivity index is 2.01. The highest BCUT2D eigenvalue weighted by Crippen LogP contribution is 2.14. The predicted octanol–water partition coefficient (Wildman–Crippen LogP) is 1.82. The molecule has 2 aromatic rings. The summed E-state index contributed by atoms with van der Waals surface area (Å²) >= 11 is 0. The number of benzene rings is 2. The van der Waals surface area contributed by atoms with E-state index < -0.39 is 6.10 Å². The molecule has 0 saturated carbocycles. The normalized spacial score (nSPS) is 15.7. The molecule has 0 aliphatic heterocycles. The van der Waals surface area contributed by atoms with Gasteiger partial charge in [0.05, 0.1) is 7.05 Å². The van der Waals surface area contributed by atoms with Crippen LogP contribution in [0.25, 0.3) is 0 Å². The summed E-state index contributed by atoms with van der Waals surface area (Å²) in [5, 5.41) is 10.4. The fourth-order valence-electron chi connectivity index (χ4n) is 2.29. The molecule has 0 bridgehead atoms. The average Bonchev–Trinajstić information content (AvgIpc) is 2.47. The Morgan fingerprint density at radius 2 is 1.47 bits per heavy atom. The maximum Gasteiger partial charge on any atom is 0.130 e. The van der Waals surface area contributed by atoms with E-state index >= 15 is 0 Å². The van der Waals surface area contributed by atoms with E-state index in [0.717, 1.165) is 12.1 Å². The lowest BCUT2D eigenvalue weighted by molar-refractivity contribution is -0.922. The minimum absolute atomic E-state index is 0.155. The second-order valence-electron chi connectivity index (χ2n) is 5.15. The number of quaternary nitrogens is 1. The Kier molecular flexibility index (Phi) is 4.72. The fraction of sp³-hybridized carbons (Fsp3) is 0.294. The van der Waals surface area contributed by atoms with E-state index in [1.807, 2.05) is 36.4 Å². The quantitative estimate of drug-likeness (QED) is 0.838. The summed E-state index contributed by atoms with van der Waals surface area (Å²) in [4.78, 5) is 1.31. The van der Waals surface area contributed by atoms with Crippen molar-refractivity contribution in [1.29, 1.82) is 0 Å². The number of likely N-dealkylation sites (N-methyl/N-ethyl adjacent to an activating group) is 1. The molecule has 0 saturated heterocycles. The summed E-state index contributed by atoms with van der Waals surface area (Å²) < 4.78 is 0. The van der Waals surface area contributed by atoms with Crippen LogP contribution in [0, 0.1) is 0 Å². The first-order valence-electron chi connectivity index (χ1n) is 6.77. The van der Waals surface area contributed by atoms with Crippen molar-refractivity contribution in [2.24, 2.45) is 0 Å². The van der Waals surface area contributed by atoms with Crippen LogP contribution in [0.15, 0.2) is 60.7 Å². The fourth-order valence-corrected chi connectivity index (χ4v) is 2.29. The summed E-state index contributed by atoms with van der Waals surface area (Å²) in [6.07, 6.45) is -0.426. The molecule has 100 valence electrons. The monoisotopic (exact) mass is 256 g/mol. The molecule has 3 atom stereocenters. The number of rotatable bonds is 5. The third-order valence-corrected chi connectivity index (χ3v) is 3.72. The van der Waals surface area contributed by atoms with Crippen molar-refractivity contribution in [2.75, 3.05) is 7.05 Å². The maximum absolute atomic E-state index is 10.4. The van der Waals surface area contributed by atoms with Crippen molar-refractivity contribution in [3.63, 3.8) is 0 Å². The van der Waals surface area contributed by atoms with Crippen LogP contribution in [0.2, 0.25) is 0 Å². The molecule has 2 heteroatoms. The second kappa shape index (κ2) is 6.50. The molecule has 1 unspecified atom stereocenters. The number of aliphatic hydroxyl groups is 1. The zero-order valence-corrected chi connectivity index (χ0v) is 11.6. The smallest absolute Gasteiger partial charge is 0.130 e. The lowest BCUT2D eigenvalue weighted by atomic mass is 10.0. The van der Waals surface area contributed by atoms with Gasteiger partial charge >= 0.3 is 0 Å². The van der Waals surface area contributed by atoms with Crippen LogP contribution in [-0.2, 0) is 6.54 Å². The molecule has 0 aliphatic carbocycles. The minimum Gasteiger partial charge on any atom is -0.382 e. The van der Waals surface area contributed by atoms with Crippen molar-refractivity contribution >= 4 is 0 Å². The van der Waals surface area contributed by atoms with Crippen molar-refractivity contribution in [3.8, 4) is 0 Å². The van der Waals surface area contributed by atoms with E-state index in [4.69, 9.17) is 0 Å². The Bertz CT molecular complexity index is 483. The SMILES string of the molecule is C[C@H]([C@@H](O)c1ccccc1)[NH+](C)Cc1ccccc1. The van der Waals surface area contributed by atoms with Crippen LogP contribution in [0.1, 0.15) is 24.2 Å². The number of nitrogens with one attached hydrogen (secondary N) is 1. The number of hydrogen-bond acceptors (Lipinski definition) is 1. The highest BCUT2D eigenvalue weighted by molar-refractivity contribution is 5.18. The van der Waals surface area contributed by atoms with Crippen molar-refractivity contribution in [2.45, 2.75) is 25.6 Å². The second-order valence-corrected chi connectivity index (χ2v) is 5.15. The van der Waals surface area contributed by atoms with Crippen molar-refractivity contribution < 1.29 is 10.0 Å². The van der Waals surface area contributed by atoms with Crippen LogP contribution in [-0.4, -0.2) is 18.2 Å². The summed E-state index contributed by atoms with van der Waals surface area (Å²) in [5.41, 5.74) is 2.29. The molecule has 19 heavy (non-hydrogen) atoms. The first kappa shape index (κ1) is 13.8. The zero-order valence-electron chi connectivity index (χ0n) is 11.6. The van der Waals surface area contributed by atoms with E-state index in [1.54, 1.807) is 0 Å². The number of hydrogen-bond donors (Lipinski definition) is 2. The molecule has 2 aromatic carbocycles. The molecule has 2 N–H and O–H groups in total. The summed E-state index contributed by atoms with van der Waals surface area (Å²) in [5.74, 6) is 0. The molecule has 0 spiro atoms. The Morgan fingerprint density at radius 1 is 0.947 bits per heavy atom. The standard InChI is InChI=1S/C17H21NO/c1-14(17(19)16-11-7-4-8-12-16)18(2)13-15-9-5-3-6-10-15/h3-12,14,17,19H,13H2,1-2H3/p+1/t14-,17-/m1/s1. The molecule has 0 radical (unpaired) electrons. The molecule has 0 aliphatic rings. The van der Waals surface area contributed by atoms with Gasteiger partial charge in [0.1, 0.15) is 18.7 Å². The molecular weight excluding hydrogens is 234 g/mol. The summed E-state index contributed by atoms with van der Waals surface area (Å²) in [6.45, 7) is 3.02. The first-order valence-corrected chi connectivity index (χ1v) is 6.77. The lowest BCUT2D eigenvalue weighted by Gasteiger charge is -2.26. The Labute approximate surface area is 115 Å². The van der Waals surface area contributed by atoms with E-state index in [-0.39, 0.29) is 6.04 Å². The van der Waals surface area contributed by atoms with Crippen LogP contribution >= 0.6 is 0 Å². The summed E-state index contributed by atoms with van der Waals surface area (Å²) in [7, 11) is 2.13. The zero-order chi connectivity index (χ0) is 13.7. The van der Waals surface area contributed by atoms with Gasteiger partial charge in [0, 0.05) is 5.56 Å². The van der Waals surface area contributed by atoms with Gasteiger partial charge in [-0.05, 0) is 12.5 Å². The molecule has 2 nitrogen and oxygen atoms in total. The largest absolute Gasteiger partial charge is 0.382 e. The third kappa shape index (κ3) is 3.66. The van der Waals surface area contributed by atoms with Crippen LogP contribution in [0.5, 0.6) is 0 Å². The average molecular weight is 256 g/mol. The van der Waals surface area contributed by atoms with Crippen LogP contribution in [0.3, 0.4) is 0 Å². The van der Waals surface area contributed by atoms with Gasteiger partial charge in [0.2, 0.25) is 0 Å². The van der Waals surface area contributed by atoms with Gasteiger partial charge in [0.15, 0.2) is 0 Å². The van der Waals surface area contributed by atoms with E-state index in [0.29, 0.717) is 0 Å².